The number of alkyl carbamates (subject to hydrolysis) is 1. The van der Waals surface area contributed by atoms with Crippen LogP contribution in [-0.4, -0.2) is 44.7 Å². The van der Waals surface area contributed by atoms with Crippen molar-refractivity contribution in [3.63, 3.8) is 0 Å². The maximum atomic E-state index is 12.4. The summed E-state index contributed by atoms with van der Waals surface area (Å²) in [4.78, 5) is 12.1. The SMILES string of the molecule is COc1ccc([C@@]23Oc4cc(OC)cc(OC)c4[C@]2(O)[C@@H]2OC(=O)N[C@@H]2[C@H]3C)cc1. The van der Waals surface area contributed by atoms with Crippen molar-refractivity contribution in [2.75, 3.05) is 21.3 Å². The van der Waals surface area contributed by atoms with E-state index in [2.05, 4.69) is 5.32 Å². The Hall–Kier alpha value is -3.13. The van der Waals surface area contributed by atoms with E-state index in [0.29, 0.717) is 28.6 Å². The normalized spacial score (nSPS) is 33.0. The van der Waals surface area contributed by atoms with Gasteiger partial charge in [0.05, 0.1) is 32.9 Å². The zero-order chi connectivity index (χ0) is 21.3. The summed E-state index contributed by atoms with van der Waals surface area (Å²) in [6, 6.07) is 10.3. The van der Waals surface area contributed by atoms with Crippen molar-refractivity contribution in [1.29, 1.82) is 0 Å². The molecule has 3 aliphatic rings. The van der Waals surface area contributed by atoms with E-state index >= 15 is 0 Å². The molecule has 8 heteroatoms. The van der Waals surface area contributed by atoms with E-state index in [0.717, 1.165) is 5.56 Å². The molecule has 5 rings (SSSR count). The molecule has 2 fully saturated rings. The zero-order valence-corrected chi connectivity index (χ0v) is 17.1. The van der Waals surface area contributed by atoms with Gasteiger partial charge in [-0.05, 0) is 17.7 Å². The van der Waals surface area contributed by atoms with Gasteiger partial charge in [0.1, 0.15) is 23.0 Å². The van der Waals surface area contributed by atoms with Crippen molar-refractivity contribution >= 4 is 6.09 Å². The highest BCUT2D eigenvalue weighted by Crippen LogP contribution is 2.67. The van der Waals surface area contributed by atoms with E-state index in [4.69, 9.17) is 23.7 Å². The van der Waals surface area contributed by atoms with Crippen molar-refractivity contribution < 1.29 is 33.6 Å². The fourth-order valence-electron chi connectivity index (χ4n) is 5.33. The first-order valence-electron chi connectivity index (χ1n) is 9.70. The van der Waals surface area contributed by atoms with E-state index in [-0.39, 0.29) is 5.92 Å². The zero-order valence-electron chi connectivity index (χ0n) is 17.1. The molecule has 5 atom stereocenters. The van der Waals surface area contributed by atoms with Crippen LogP contribution in [0.4, 0.5) is 4.79 Å². The van der Waals surface area contributed by atoms with Gasteiger partial charge >= 0.3 is 6.09 Å². The van der Waals surface area contributed by atoms with Crippen LogP contribution >= 0.6 is 0 Å². The van der Waals surface area contributed by atoms with Crippen LogP contribution in [0.2, 0.25) is 0 Å². The van der Waals surface area contributed by atoms with Gasteiger partial charge in [-0.15, -0.1) is 0 Å². The topological polar surface area (TPSA) is 95.5 Å². The lowest BCUT2D eigenvalue weighted by molar-refractivity contribution is -0.153. The minimum atomic E-state index is -1.68. The third-order valence-electron chi connectivity index (χ3n) is 6.67. The molecule has 30 heavy (non-hydrogen) atoms. The quantitative estimate of drug-likeness (QED) is 0.794. The first-order valence-corrected chi connectivity index (χ1v) is 9.70. The second-order valence-electron chi connectivity index (χ2n) is 7.82. The first kappa shape index (κ1) is 18.9. The molecule has 0 bridgehead atoms. The standard InChI is InChI=1S/C22H23NO7/c1-11-18-19(29-20(24)23-18)21(25)17-15(28-4)9-14(27-3)10-16(17)30-22(11,21)12-5-7-13(26-2)8-6-12/h5-11,18-19,25H,1-4H3,(H,23,24)/t11-,18-,19-,21+,22-/m1/s1. The summed E-state index contributed by atoms with van der Waals surface area (Å²) in [5.74, 6) is 1.72. The van der Waals surface area contributed by atoms with Crippen LogP contribution in [0.15, 0.2) is 36.4 Å². The molecule has 8 nitrogen and oxygen atoms in total. The molecule has 2 heterocycles. The highest BCUT2D eigenvalue weighted by Gasteiger charge is 2.78. The second-order valence-corrected chi connectivity index (χ2v) is 7.82. The van der Waals surface area contributed by atoms with Gasteiger partial charge in [-0.1, -0.05) is 19.1 Å². The van der Waals surface area contributed by atoms with Crippen molar-refractivity contribution in [2.45, 2.75) is 30.3 Å². The molecule has 2 N–H and O–H groups in total. The van der Waals surface area contributed by atoms with Gasteiger partial charge in [0.25, 0.3) is 0 Å². The Bertz CT molecular complexity index is 1020. The summed E-state index contributed by atoms with van der Waals surface area (Å²) in [7, 11) is 4.65. The molecule has 1 amide bonds. The monoisotopic (exact) mass is 413 g/mol. The number of ether oxygens (including phenoxy) is 5. The molecule has 2 aromatic rings. The minimum Gasteiger partial charge on any atom is -0.497 e. The predicted molar refractivity (Wildman–Crippen MR) is 105 cm³/mol. The van der Waals surface area contributed by atoms with Gasteiger partial charge < -0.3 is 34.1 Å². The minimum absolute atomic E-state index is 0.324. The first-order chi connectivity index (χ1) is 14.4. The van der Waals surface area contributed by atoms with E-state index in [1.54, 1.807) is 26.4 Å². The average molecular weight is 413 g/mol. The molecule has 2 aromatic carbocycles. The maximum Gasteiger partial charge on any atom is 0.407 e. The number of hydrogen-bond donors (Lipinski definition) is 2. The second kappa shape index (κ2) is 6.18. The summed E-state index contributed by atoms with van der Waals surface area (Å²) >= 11 is 0. The smallest absolute Gasteiger partial charge is 0.407 e. The van der Waals surface area contributed by atoms with Crippen LogP contribution in [0.3, 0.4) is 0 Å². The summed E-state index contributed by atoms with van der Waals surface area (Å²) in [5.41, 5.74) is -1.72. The lowest BCUT2D eigenvalue weighted by atomic mass is 9.73. The number of nitrogens with one attached hydrogen (secondary N) is 1. The summed E-state index contributed by atoms with van der Waals surface area (Å²) in [5, 5.41) is 15.2. The highest BCUT2D eigenvalue weighted by molar-refractivity contribution is 5.73. The number of fused-ring (bicyclic) bond motifs is 5. The molecule has 0 radical (unpaired) electrons. The molecule has 0 spiro atoms. The van der Waals surface area contributed by atoms with E-state index < -0.39 is 29.4 Å². The molecule has 158 valence electrons. The Morgan fingerprint density at radius 1 is 1.03 bits per heavy atom. The molecule has 1 saturated heterocycles. The van der Waals surface area contributed by atoms with E-state index in [1.165, 1.54) is 7.11 Å². The maximum absolute atomic E-state index is 12.4. The number of rotatable bonds is 4. The van der Waals surface area contributed by atoms with Gasteiger partial charge in [0, 0.05) is 18.1 Å². The van der Waals surface area contributed by atoms with Gasteiger partial charge in [-0.25, -0.2) is 4.79 Å². The van der Waals surface area contributed by atoms with Crippen molar-refractivity contribution in [3.05, 3.63) is 47.5 Å². The Labute approximate surface area is 173 Å². The lowest BCUT2D eigenvalue weighted by Crippen LogP contribution is -2.53. The third-order valence-corrected chi connectivity index (χ3v) is 6.67. The van der Waals surface area contributed by atoms with Crippen molar-refractivity contribution in [2.24, 2.45) is 5.92 Å². The number of aliphatic hydroxyl groups is 1. The summed E-state index contributed by atoms with van der Waals surface area (Å²) in [6.45, 7) is 1.93. The number of benzene rings is 2. The molecule has 0 aromatic heterocycles. The average Bonchev–Trinajstić information content (AvgIpc) is 3.33. The van der Waals surface area contributed by atoms with Gasteiger partial charge in [-0.3, -0.25) is 0 Å². The van der Waals surface area contributed by atoms with Gasteiger partial charge in [-0.2, -0.15) is 0 Å². The third kappa shape index (κ3) is 2.06. The van der Waals surface area contributed by atoms with Gasteiger partial charge in [0.2, 0.25) is 0 Å². The van der Waals surface area contributed by atoms with Crippen LogP contribution in [-0.2, 0) is 15.9 Å². The molecule has 0 unspecified atom stereocenters. The van der Waals surface area contributed by atoms with Gasteiger partial charge in [0.15, 0.2) is 17.3 Å². The largest absolute Gasteiger partial charge is 0.497 e. The van der Waals surface area contributed by atoms with Crippen LogP contribution in [0.25, 0.3) is 0 Å². The van der Waals surface area contributed by atoms with E-state index in [9.17, 15) is 9.90 Å². The highest BCUT2D eigenvalue weighted by atomic mass is 16.6. The molecule has 1 saturated carbocycles. The van der Waals surface area contributed by atoms with Crippen molar-refractivity contribution in [3.8, 4) is 23.0 Å². The van der Waals surface area contributed by atoms with Crippen molar-refractivity contribution in [1.82, 2.24) is 5.32 Å². The Balaban J connectivity index is 1.79. The summed E-state index contributed by atoms with van der Waals surface area (Å²) in [6.07, 6.45) is -1.42. The van der Waals surface area contributed by atoms with Crippen LogP contribution in [0.1, 0.15) is 18.1 Å². The summed E-state index contributed by atoms with van der Waals surface area (Å²) < 4.78 is 28.4. The Morgan fingerprint density at radius 3 is 2.37 bits per heavy atom. The fourth-order valence-corrected chi connectivity index (χ4v) is 5.33. The van der Waals surface area contributed by atoms with Crippen LogP contribution in [0.5, 0.6) is 23.0 Å². The Morgan fingerprint density at radius 2 is 1.73 bits per heavy atom. The fraction of sp³-hybridized carbons (Fsp3) is 0.409. The molecule has 1 aliphatic carbocycles. The van der Waals surface area contributed by atoms with Crippen LogP contribution in [0, 0.1) is 5.92 Å². The van der Waals surface area contributed by atoms with Crippen LogP contribution < -0.4 is 24.3 Å². The predicted octanol–water partition coefficient (Wildman–Crippen LogP) is 2.31. The Kier molecular flexibility index (Phi) is 3.89. The molecular formula is C22H23NO7. The number of methoxy groups -OCH3 is 3. The lowest BCUT2D eigenvalue weighted by Gasteiger charge is -2.40. The molecule has 2 aliphatic heterocycles. The molecular weight excluding hydrogens is 390 g/mol. The number of amides is 1. The number of hydrogen-bond acceptors (Lipinski definition) is 7. The van der Waals surface area contributed by atoms with E-state index in [1.807, 2.05) is 31.2 Å². The number of carbonyl (C=O) groups excluding carboxylic acids is 1. The number of carbonyl (C=O) groups is 1.